The number of aromatic nitrogens is 2. The third-order valence-corrected chi connectivity index (χ3v) is 7.92. The molecular formula is C27H31N7O3S. The predicted molar refractivity (Wildman–Crippen MR) is 145 cm³/mol. The Bertz CT molecular complexity index is 1240. The molecule has 0 radical (unpaired) electrons. The first-order chi connectivity index (χ1) is 18.6. The lowest BCUT2D eigenvalue weighted by Gasteiger charge is -2.39. The van der Waals surface area contributed by atoms with Crippen LogP contribution in [0.15, 0.2) is 60.1 Å². The molecule has 5 rings (SSSR count). The third-order valence-electron chi connectivity index (χ3n) is 6.92. The number of carbonyl (C=O) groups excluding carboxylic acids is 3. The number of carbonyl (C=O) groups is 3. The standard InChI is InChI=1S/C27H31N7O3S/c35-24(18-20-6-2-1-3-7-20)30-31-25(36)22-19-38-26(29-22)21-9-12-33(13-10-21)27(37)34-16-14-32(15-17-34)23-8-4-5-11-28-23/h1-8,11,19,21H,9-10,12-18H2,(H,30,35)(H,31,36). The fourth-order valence-electron chi connectivity index (χ4n) is 4.78. The van der Waals surface area contributed by atoms with Crippen LogP contribution in [0, 0.1) is 0 Å². The molecule has 0 unspecified atom stereocenters. The van der Waals surface area contributed by atoms with E-state index < -0.39 is 5.91 Å². The van der Waals surface area contributed by atoms with Crippen molar-refractivity contribution in [2.75, 3.05) is 44.2 Å². The number of hydrogen-bond acceptors (Lipinski definition) is 7. The van der Waals surface area contributed by atoms with Crippen LogP contribution in [0.25, 0.3) is 0 Å². The highest BCUT2D eigenvalue weighted by Gasteiger charge is 2.30. The van der Waals surface area contributed by atoms with E-state index in [0.29, 0.717) is 26.2 Å². The fraction of sp³-hybridized carbons (Fsp3) is 0.370. The lowest BCUT2D eigenvalue weighted by atomic mass is 9.98. The number of piperazine rings is 1. The Morgan fingerprint density at radius 2 is 1.58 bits per heavy atom. The van der Waals surface area contributed by atoms with Crippen molar-refractivity contribution in [2.45, 2.75) is 25.2 Å². The topological polar surface area (TPSA) is 111 Å². The summed E-state index contributed by atoms with van der Waals surface area (Å²) in [4.78, 5) is 52.7. The molecule has 0 aliphatic carbocycles. The maximum Gasteiger partial charge on any atom is 0.320 e. The molecule has 1 aromatic carbocycles. The highest BCUT2D eigenvalue weighted by molar-refractivity contribution is 7.09. The van der Waals surface area contributed by atoms with E-state index >= 15 is 0 Å². The predicted octanol–water partition coefficient (Wildman–Crippen LogP) is 2.66. The minimum absolute atomic E-state index is 0.0922. The van der Waals surface area contributed by atoms with Crippen molar-refractivity contribution < 1.29 is 14.4 Å². The first-order valence-electron chi connectivity index (χ1n) is 12.8. The number of hydrazine groups is 1. The molecule has 2 N–H and O–H groups in total. The number of pyridine rings is 1. The number of nitrogens with one attached hydrogen (secondary N) is 2. The van der Waals surface area contributed by atoms with E-state index in [0.717, 1.165) is 42.3 Å². The molecule has 3 aromatic rings. The Morgan fingerprint density at radius 3 is 2.29 bits per heavy atom. The Balaban J connectivity index is 1.05. The maximum absolute atomic E-state index is 13.1. The second-order valence-corrected chi connectivity index (χ2v) is 10.3. The van der Waals surface area contributed by atoms with Crippen molar-refractivity contribution in [1.29, 1.82) is 0 Å². The first-order valence-corrected chi connectivity index (χ1v) is 13.7. The summed E-state index contributed by atoms with van der Waals surface area (Å²) in [6, 6.07) is 15.3. The van der Waals surface area contributed by atoms with Crippen molar-refractivity contribution in [3.8, 4) is 0 Å². The summed E-state index contributed by atoms with van der Waals surface area (Å²) in [5.74, 6) is 0.423. The van der Waals surface area contributed by atoms with Gasteiger partial charge >= 0.3 is 6.03 Å². The number of benzene rings is 1. The van der Waals surface area contributed by atoms with Crippen molar-refractivity contribution in [1.82, 2.24) is 30.6 Å². The molecule has 2 fully saturated rings. The molecule has 4 heterocycles. The summed E-state index contributed by atoms with van der Waals surface area (Å²) < 4.78 is 0. The molecule has 38 heavy (non-hydrogen) atoms. The van der Waals surface area contributed by atoms with Gasteiger partial charge in [-0.1, -0.05) is 36.4 Å². The van der Waals surface area contributed by atoms with Crippen molar-refractivity contribution >= 4 is 35.0 Å². The van der Waals surface area contributed by atoms with Gasteiger partial charge in [0.15, 0.2) is 0 Å². The van der Waals surface area contributed by atoms with Gasteiger partial charge in [0.25, 0.3) is 5.91 Å². The van der Waals surface area contributed by atoms with E-state index in [9.17, 15) is 14.4 Å². The van der Waals surface area contributed by atoms with Gasteiger partial charge in [0, 0.05) is 56.8 Å². The molecular weight excluding hydrogens is 502 g/mol. The van der Waals surface area contributed by atoms with Crippen LogP contribution in [0.1, 0.15) is 39.8 Å². The number of likely N-dealkylation sites (tertiary alicyclic amines) is 1. The number of anilines is 1. The van der Waals surface area contributed by atoms with E-state index in [1.165, 1.54) is 11.3 Å². The highest BCUT2D eigenvalue weighted by Crippen LogP contribution is 2.31. The Kier molecular flexibility index (Phi) is 8.12. The number of piperidine rings is 1. The second kappa shape index (κ2) is 12.0. The van der Waals surface area contributed by atoms with Gasteiger partial charge < -0.3 is 14.7 Å². The summed E-state index contributed by atoms with van der Waals surface area (Å²) >= 11 is 1.45. The van der Waals surface area contributed by atoms with Crippen molar-refractivity contribution in [3.05, 3.63) is 76.4 Å². The van der Waals surface area contributed by atoms with Crippen LogP contribution < -0.4 is 15.8 Å². The summed E-state index contributed by atoms with van der Waals surface area (Å²) in [6.07, 6.45) is 3.59. The second-order valence-electron chi connectivity index (χ2n) is 9.44. The molecule has 0 spiro atoms. The van der Waals surface area contributed by atoms with E-state index in [4.69, 9.17) is 0 Å². The molecule has 2 aliphatic rings. The zero-order chi connectivity index (χ0) is 26.3. The van der Waals surface area contributed by atoms with Crippen LogP contribution >= 0.6 is 11.3 Å². The van der Waals surface area contributed by atoms with Gasteiger partial charge in [0.1, 0.15) is 11.5 Å². The zero-order valence-electron chi connectivity index (χ0n) is 21.1. The van der Waals surface area contributed by atoms with E-state index in [1.54, 1.807) is 11.6 Å². The third kappa shape index (κ3) is 6.28. The van der Waals surface area contributed by atoms with Crippen LogP contribution in [-0.2, 0) is 11.2 Å². The number of amides is 4. The number of urea groups is 1. The Hall–Kier alpha value is -3.99. The van der Waals surface area contributed by atoms with Gasteiger partial charge in [-0.15, -0.1) is 11.3 Å². The van der Waals surface area contributed by atoms with Gasteiger partial charge in [0.05, 0.1) is 11.4 Å². The minimum atomic E-state index is -0.439. The largest absolute Gasteiger partial charge is 0.353 e. The lowest BCUT2D eigenvalue weighted by Crippen LogP contribution is -2.54. The van der Waals surface area contributed by atoms with Gasteiger partial charge in [0.2, 0.25) is 5.91 Å². The monoisotopic (exact) mass is 533 g/mol. The average molecular weight is 534 g/mol. The van der Waals surface area contributed by atoms with Crippen LogP contribution in [-0.4, -0.2) is 76.9 Å². The molecule has 2 aromatic heterocycles. The summed E-state index contributed by atoms with van der Waals surface area (Å²) in [6.45, 7) is 4.25. The summed E-state index contributed by atoms with van der Waals surface area (Å²) in [7, 11) is 0. The smallest absolute Gasteiger partial charge is 0.320 e. The number of thiazole rings is 1. The average Bonchev–Trinajstić information content (AvgIpc) is 3.47. The van der Waals surface area contributed by atoms with Gasteiger partial charge in [-0.3, -0.25) is 20.4 Å². The van der Waals surface area contributed by atoms with Crippen LogP contribution in [0.5, 0.6) is 0 Å². The Morgan fingerprint density at radius 1 is 0.868 bits per heavy atom. The normalized spacial score (nSPS) is 16.3. The van der Waals surface area contributed by atoms with Crippen molar-refractivity contribution in [2.24, 2.45) is 0 Å². The van der Waals surface area contributed by atoms with E-state index in [1.807, 2.05) is 58.3 Å². The SMILES string of the molecule is O=C(Cc1ccccc1)NNC(=O)c1csc(C2CCN(C(=O)N3CCN(c4ccccn4)CC3)CC2)n1. The molecule has 11 heteroatoms. The molecule has 0 atom stereocenters. The van der Waals surface area contributed by atoms with Crippen LogP contribution in [0.3, 0.4) is 0 Å². The zero-order valence-corrected chi connectivity index (χ0v) is 21.9. The minimum Gasteiger partial charge on any atom is -0.353 e. The molecule has 0 bridgehead atoms. The lowest BCUT2D eigenvalue weighted by molar-refractivity contribution is -0.121. The molecule has 2 saturated heterocycles. The first kappa shape index (κ1) is 25.7. The quantitative estimate of drug-likeness (QED) is 0.488. The number of rotatable bonds is 5. The summed E-state index contributed by atoms with van der Waals surface area (Å²) in [5, 5.41) is 2.61. The molecule has 10 nitrogen and oxygen atoms in total. The van der Waals surface area contributed by atoms with Gasteiger partial charge in [-0.2, -0.15) is 0 Å². The van der Waals surface area contributed by atoms with Crippen LogP contribution in [0.2, 0.25) is 0 Å². The van der Waals surface area contributed by atoms with Gasteiger partial charge in [-0.05, 0) is 30.5 Å². The molecule has 0 saturated carbocycles. The summed E-state index contributed by atoms with van der Waals surface area (Å²) in [5.41, 5.74) is 6.05. The fourth-order valence-corrected chi connectivity index (χ4v) is 5.75. The van der Waals surface area contributed by atoms with E-state index in [2.05, 4.69) is 25.7 Å². The van der Waals surface area contributed by atoms with Crippen molar-refractivity contribution in [3.63, 3.8) is 0 Å². The van der Waals surface area contributed by atoms with Crippen LogP contribution in [0.4, 0.5) is 10.6 Å². The highest BCUT2D eigenvalue weighted by atomic mass is 32.1. The molecule has 2 aliphatic heterocycles. The maximum atomic E-state index is 13.1. The molecule has 4 amide bonds. The molecule has 198 valence electrons. The number of nitrogens with zero attached hydrogens (tertiary/aromatic N) is 5. The Labute approximate surface area is 225 Å². The van der Waals surface area contributed by atoms with Gasteiger partial charge in [-0.25, -0.2) is 14.8 Å². The van der Waals surface area contributed by atoms with E-state index in [-0.39, 0.29) is 30.0 Å². The number of hydrogen-bond donors (Lipinski definition) is 2.